The highest BCUT2D eigenvalue weighted by Gasteiger charge is 2.37. The lowest BCUT2D eigenvalue weighted by Crippen LogP contribution is -2.17. The Bertz CT molecular complexity index is 1120. The number of nitrogens with zero attached hydrogens (tertiary/aromatic N) is 3. The molecule has 1 N–H and O–H groups in total. The second-order valence-corrected chi connectivity index (χ2v) is 7.71. The van der Waals surface area contributed by atoms with Crippen molar-refractivity contribution in [3.05, 3.63) is 44.9 Å². The molecule has 2 amide bonds. The van der Waals surface area contributed by atoms with Gasteiger partial charge in [0, 0.05) is 10.6 Å². The van der Waals surface area contributed by atoms with Crippen molar-refractivity contribution in [3.63, 3.8) is 0 Å². The molecule has 1 aliphatic heterocycles. The van der Waals surface area contributed by atoms with E-state index in [2.05, 4.69) is 15.4 Å². The van der Waals surface area contributed by atoms with Crippen LogP contribution in [0.3, 0.4) is 0 Å². The number of nitrogens with one attached hydrogen (secondary N) is 1. The van der Waals surface area contributed by atoms with Gasteiger partial charge >= 0.3 is 6.18 Å². The van der Waals surface area contributed by atoms with Gasteiger partial charge in [0.1, 0.15) is 0 Å². The smallest absolute Gasteiger partial charge is 0.282 e. The Labute approximate surface area is 162 Å². The van der Waals surface area contributed by atoms with E-state index in [4.69, 9.17) is 11.6 Å². The van der Waals surface area contributed by atoms with Gasteiger partial charge in [0.25, 0.3) is 11.1 Å². The number of benzene rings is 1. The molecule has 1 saturated heterocycles. The summed E-state index contributed by atoms with van der Waals surface area (Å²) in [6.45, 7) is 0. The molecule has 4 rings (SSSR count). The maximum Gasteiger partial charge on any atom is 0.445 e. The highest BCUT2D eigenvalue weighted by molar-refractivity contribution is 8.18. The molecular formula is C15H6ClF3N4O2S2. The molecule has 0 atom stereocenters. The third-order valence-corrected chi connectivity index (χ3v) is 5.52. The highest BCUT2D eigenvalue weighted by atomic mass is 35.5. The Morgan fingerprint density at radius 2 is 1.89 bits per heavy atom. The number of alkyl halides is 3. The summed E-state index contributed by atoms with van der Waals surface area (Å²) in [6, 6.07) is 6.51. The van der Waals surface area contributed by atoms with E-state index < -0.39 is 22.3 Å². The average molecular weight is 431 g/mol. The molecule has 27 heavy (non-hydrogen) atoms. The largest absolute Gasteiger partial charge is 0.445 e. The summed E-state index contributed by atoms with van der Waals surface area (Å²) < 4.78 is 40.0. The van der Waals surface area contributed by atoms with E-state index in [9.17, 15) is 22.8 Å². The van der Waals surface area contributed by atoms with Crippen molar-refractivity contribution in [2.75, 3.05) is 0 Å². The van der Waals surface area contributed by atoms with E-state index in [1.165, 1.54) is 6.08 Å². The summed E-state index contributed by atoms with van der Waals surface area (Å²) in [4.78, 5) is 27.5. The summed E-state index contributed by atoms with van der Waals surface area (Å²) >= 11 is 6.91. The van der Waals surface area contributed by atoms with Gasteiger partial charge in [-0.1, -0.05) is 35.1 Å². The van der Waals surface area contributed by atoms with Crippen LogP contribution in [0.1, 0.15) is 10.7 Å². The number of carbonyl (C=O) groups excluding carboxylic acids is 2. The van der Waals surface area contributed by atoms with Crippen LogP contribution in [0.5, 0.6) is 0 Å². The first-order chi connectivity index (χ1) is 12.7. The molecule has 0 saturated carbocycles. The number of hydrogen-bond acceptors (Lipinski definition) is 6. The molecule has 3 heterocycles. The lowest BCUT2D eigenvalue weighted by molar-refractivity contribution is -0.138. The standard InChI is InChI=1S/C15H6ClF3N4O2S2/c16-7-3-1-6(2-4-7)10-8(5-9-11(24)21-14(25)26-9)23-13(20-10)27-12(22-23)15(17,18)19/h1-5H,(H,21,24,25)/b9-5-. The van der Waals surface area contributed by atoms with Crippen LogP contribution in [0.2, 0.25) is 5.02 Å². The van der Waals surface area contributed by atoms with Gasteiger partial charge in [0.15, 0.2) is 0 Å². The molecule has 138 valence electrons. The molecule has 0 unspecified atom stereocenters. The van der Waals surface area contributed by atoms with Crippen LogP contribution in [0, 0.1) is 0 Å². The van der Waals surface area contributed by atoms with Crippen molar-refractivity contribution in [3.8, 4) is 11.3 Å². The first-order valence-corrected chi connectivity index (χ1v) is 9.21. The van der Waals surface area contributed by atoms with E-state index in [0.29, 0.717) is 39.4 Å². The Morgan fingerprint density at radius 3 is 2.48 bits per heavy atom. The van der Waals surface area contributed by atoms with Crippen molar-refractivity contribution in [1.82, 2.24) is 19.9 Å². The molecular weight excluding hydrogens is 425 g/mol. The topological polar surface area (TPSA) is 76.4 Å². The van der Waals surface area contributed by atoms with Gasteiger partial charge in [0.2, 0.25) is 9.97 Å². The summed E-state index contributed by atoms with van der Waals surface area (Å²) in [5.41, 5.74) is 1.05. The molecule has 0 aliphatic carbocycles. The summed E-state index contributed by atoms with van der Waals surface area (Å²) in [6.07, 6.45) is -3.32. The molecule has 0 bridgehead atoms. The molecule has 1 aromatic carbocycles. The van der Waals surface area contributed by atoms with Crippen molar-refractivity contribution < 1.29 is 22.8 Å². The number of amides is 2. The monoisotopic (exact) mass is 430 g/mol. The number of imide groups is 1. The Kier molecular flexibility index (Phi) is 4.24. The number of aromatic nitrogens is 3. The lowest BCUT2D eigenvalue weighted by atomic mass is 10.1. The zero-order chi connectivity index (χ0) is 19.3. The molecule has 0 radical (unpaired) electrons. The maximum absolute atomic E-state index is 13.0. The molecule has 12 heteroatoms. The summed E-state index contributed by atoms with van der Waals surface area (Å²) in [5, 5.41) is 4.54. The Balaban J connectivity index is 1.93. The van der Waals surface area contributed by atoms with Gasteiger partial charge in [-0.05, 0) is 30.0 Å². The van der Waals surface area contributed by atoms with Gasteiger partial charge in [-0.2, -0.15) is 13.2 Å². The second kappa shape index (κ2) is 6.36. The minimum absolute atomic E-state index is 0.00820. The van der Waals surface area contributed by atoms with Crippen LogP contribution in [-0.4, -0.2) is 25.7 Å². The quantitative estimate of drug-likeness (QED) is 0.608. The minimum atomic E-state index is -4.62. The lowest BCUT2D eigenvalue weighted by Gasteiger charge is -2.02. The Hall–Kier alpha value is -2.37. The minimum Gasteiger partial charge on any atom is -0.282 e. The zero-order valence-electron chi connectivity index (χ0n) is 12.9. The number of thioether (sulfide) groups is 1. The van der Waals surface area contributed by atoms with E-state index in [1.54, 1.807) is 24.3 Å². The summed E-state index contributed by atoms with van der Waals surface area (Å²) in [7, 11) is 0. The van der Waals surface area contributed by atoms with Gasteiger partial charge < -0.3 is 0 Å². The summed E-state index contributed by atoms with van der Waals surface area (Å²) in [5.74, 6) is -0.631. The van der Waals surface area contributed by atoms with Crippen LogP contribution >= 0.6 is 34.7 Å². The molecule has 3 aromatic rings. The van der Waals surface area contributed by atoms with Gasteiger partial charge in [-0.25, -0.2) is 9.50 Å². The van der Waals surface area contributed by atoms with Crippen LogP contribution in [0.15, 0.2) is 29.2 Å². The number of halogens is 4. The predicted octanol–water partition coefficient (Wildman–Crippen LogP) is 4.45. The van der Waals surface area contributed by atoms with E-state index in [1.807, 2.05) is 0 Å². The Morgan fingerprint density at radius 1 is 1.19 bits per heavy atom. The SMILES string of the molecule is O=C1NC(=O)/C(=C/c2c(-c3ccc(Cl)cc3)nc3sc(C(F)(F)F)nn23)S1. The fourth-order valence-electron chi connectivity index (χ4n) is 2.37. The van der Waals surface area contributed by atoms with Crippen LogP contribution in [-0.2, 0) is 11.0 Å². The molecule has 6 nitrogen and oxygen atoms in total. The molecule has 1 fully saturated rings. The van der Waals surface area contributed by atoms with E-state index in [-0.39, 0.29) is 15.6 Å². The fourth-order valence-corrected chi connectivity index (χ4v) is 3.93. The number of fused-ring (bicyclic) bond motifs is 1. The average Bonchev–Trinajstić information content (AvgIpc) is 3.22. The van der Waals surface area contributed by atoms with Crippen molar-refractivity contribution in [1.29, 1.82) is 0 Å². The molecule has 0 spiro atoms. The predicted molar refractivity (Wildman–Crippen MR) is 95.4 cm³/mol. The van der Waals surface area contributed by atoms with E-state index >= 15 is 0 Å². The van der Waals surface area contributed by atoms with Gasteiger partial charge in [-0.3, -0.25) is 14.9 Å². The van der Waals surface area contributed by atoms with E-state index in [0.717, 1.165) is 4.52 Å². The number of imidazole rings is 1. The van der Waals surface area contributed by atoms with Crippen molar-refractivity contribution in [2.24, 2.45) is 0 Å². The molecule has 1 aliphatic rings. The highest BCUT2D eigenvalue weighted by Crippen LogP contribution is 2.37. The van der Waals surface area contributed by atoms with Crippen molar-refractivity contribution in [2.45, 2.75) is 6.18 Å². The first-order valence-electron chi connectivity index (χ1n) is 7.20. The second-order valence-electron chi connectivity index (χ2n) is 5.30. The zero-order valence-corrected chi connectivity index (χ0v) is 15.3. The van der Waals surface area contributed by atoms with Gasteiger partial charge in [-0.15, -0.1) is 5.10 Å². The van der Waals surface area contributed by atoms with Gasteiger partial charge in [0.05, 0.1) is 16.3 Å². The normalized spacial score (nSPS) is 16.5. The van der Waals surface area contributed by atoms with Crippen LogP contribution in [0.4, 0.5) is 18.0 Å². The maximum atomic E-state index is 13.0. The first kappa shape index (κ1) is 18.0. The molecule has 2 aromatic heterocycles. The van der Waals surface area contributed by atoms with Crippen molar-refractivity contribution >= 4 is 56.9 Å². The third kappa shape index (κ3) is 3.33. The third-order valence-electron chi connectivity index (χ3n) is 3.51. The number of hydrogen-bond donors (Lipinski definition) is 1. The fraction of sp³-hybridized carbons (Fsp3) is 0.0667. The number of carbonyl (C=O) groups is 2. The number of rotatable bonds is 2. The van der Waals surface area contributed by atoms with Crippen LogP contribution in [0.25, 0.3) is 22.3 Å². The van der Waals surface area contributed by atoms with Crippen LogP contribution < -0.4 is 5.32 Å².